The van der Waals surface area contributed by atoms with Crippen molar-refractivity contribution in [3.63, 3.8) is 0 Å². The normalized spacial score (nSPS) is 10.1. The first-order valence-corrected chi connectivity index (χ1v) is 6.91. The Balaban J connectivity index is 2.03. The topological polar surface area (TPSA) is 24.1 Å². The van der Waals surface area contributed by atoms with E-state index in [4.69, 9.17) is 23.8 Å². The van der Waals surface area contributed by atoms with Crippen LogP contribution < -0.4 is 10.6 Å². The molecule has 0 unspecified atom stereocenters. The van der Waals surface area contributed by atoms with Crippen molar-refractivity contribution in [3.8, 4) is 0 Å². The summed E-state index contributed by atoms with van der Waals surface area (Å²) in [5.41, 5.74) is 1.40. The molecule has 0 spiro atoms. The summed E-state index contributed by atoms with van der Waals surface area (Å²) in [5, 5.41) is 6.86. The Morgan fingerprint density at radius 1 is 1.11 bits per heavy atom. The zero-order chi connectivity index (χ0) is 13.8. The van der Waals surface area contributed by atoms with E-state index in [1.54, 1.807) is 18.2 Å². The molecular formula is C13H9BrClFN2S. The van der Waals surface area contributed by atoms with Crippen LogP contribution in [-0.4, -0.2) is 5.11 Å². The van der Waals surface area contributed by atoms with Gasteiger partial charge in [-0.25, -0.2) is 4.39 Å². The van der Waals surface area contributed by atoms with Crippen molar-refractivity contribution in [1.82, 2.24) is 0 Å². The predicted octanol–water partition coefficient (Wildman–Crippen LogP) is 5.05. The Morgan fingerprint density at radius 2 is 1.79 bits per heavy atom. The van der Waals surface area contributed by atoms with Crippen LogP contribution in [0.4, 0.5) is 15.8 Å². The van der Waals surface area contributed by atoms with E-state index in [0.717, 1.165) is 4.47 Å². The van der Waals surface area contributed by atoms with Crippen molar-refractivity contribution in [3.05, 3.63) is 57.8 Å². The van der Waals surface area contributed by atoms with Gasteiger partial charge in [0.15, 0.2) is 5.11 Å². The van der Waals surface area contributed by atoms with Gasteiger partial charge in [-0.15, -0.1) is 0 Å². The van der Waals surface area contributed by atoms with E-state index in [1.165, 1.54) is 12.1 Å². The molecule has 2 aromatic rings. The van der Waals surface area contributed by atoms with Crippen LogP contribution in [0.2, 0.25) is 5.02 Å². The molecule has 19 heavy (non-hydrogen) atoms. The van der Waals surface area contributed by atoms with Gasteiger partial charge >= 0.3 is 0 Å². The smallest absolute Gasteiger partial charge is 0.175 e. The third kappa shape index (κ3) is 4.16. The van der Waals surface area contributed by atoms with Gasteiger partial charge in [0.25, 0.3) is 0 Å². The van der Waals surface area contributed by atoms with Crippen LogP contribution in [0.5, 0.6) is 0 Å². The Kier molecular flexibility index (Phi) is 4.74. The maximum Gasteiger partial charge on any atom is 0.175 e. The van der Waals surface area contributed by atoms with Gasteiger partial charge in [-0.1, -0.05) is 27.5 Å². The second-order valence-corrected chi connectivity index (χ2v) is 5.44. The van der Waals surface area contributed by atoms with E-state index >= 15 is 0 Å². The maximum absolute atomic E-state index is 12.8. The first kappa shape index (κ1) is 14.2. The fourth-order valence-corrected chi connectivity index (χ4v) is 2.36. The lowest BCUT2D eigenvalue weighted by molar-refractivity contribution is 0.628. The molecule has 0 fully saturated rings. The molecule has 0 radical (unpaired) electrons. The highest BCUT2D eigenvalue weighted by atomic mass is 79.9. The van der Waals surface area contributed by atoms with Crippen molar-refractivity contribution in [2.45, 2.75) is 0 Å². The lowest BCUT2D eigenvalue weighted by Gasteiger charge is -2.11. The van der Waals surface area contributed by atoms with E-state index in [2.05, 4.69) is 26.6 Å². The second-order valence-electron chi connectivity index (χ2n) is 3.71. The van der Waals surface area contributed by atoms with Crippen LogP contribution in [0.15, 0.2) is 46.9 Å². The molecule has 6 heteroatoms. The van der Waals surface area contributed by atoms with Gasteiger partial charge in [-0.2, -0.15) is 0 Å². The van der Waals surface area contributed by atoms with Crippen molar-refractivity contribution in [2.24, 2.45) is 0 Å². The average molecular weight is 360 g/mol. The predicted molar refractivity (Wildman–Crippen MR) is 85.4 cm³/mol. The number of nitrogens with one attached hydrogen (secondary N) is 2. The Bertz CT molecular complexity index is 604. The first-order chi connectivity index (χ1) is 9.04. The minimum atomic E-state index is -0.291. The largest absolute Gasteiger partial charge is 0.332 e. The van der Waals surface area contributed by atoms with Gasteiger partial charge in [-0.3, -0.25) is 0 Å². The maximum atomic E-state index is 12.8. The molecule has 0 saturated carbocycles. The molecule has 0 bridgehead atoms. The number of thiocarbonyl (C=S) groups is 1. The SMILES string of the molecule is Fc1ccc(NC(=S)Nc2ccc(Br)cc2Cl)cc1. The van der Waals surface area contributed by atoms with Crippen LogP contribution in [0.25, 0.3) is 0 Å². The molecule has 98 valence electrons. The third-order valence-corrected chi connectivity index (χ3v) is 3.29. The Labute approximate surface area is 129 Å². The number of hydrogen-bond acceptors (Lipinski definition) is 1. The van der Waals surface area contributed by atoms with Crippen LogP contribution >= 0.6 is 39.7 Å². The summed E-state index contributed by atoms with van der Waals surface area (Å²) in [5.74, 6) is -0.291. The van der Waals surface area contributed by atoms with Crippen molar-refractivity contribution < 1.29 is 4.39 Å². The zero-order valence-electron chi connectivity index (χ0n) is 9.58. The highest BCUT2D eigenvalue weighted by molar-refractivity contribution is 9.10. The molecule has 0 heterocycles. The van der Waals surface area contributed by atoms with Gasteiger partial charge in [-0.05, 0) is 54.7 Å². The summed E-state index contributed by atoms with van der Waals surface area (Å²) in [6.45, 7) is 0. The van der Waals surface area contributed by atoms with E-state index in [1.807, 2.05) is 12.1 Å². The van der Waals surface area contributed by atoms with Crippen LogP contribution in [0.3, 0.4) is 0 Å². The van der Waals surface area contributed by atoms with E-state index in [0.29, 0.717) is 21.5 Å². The standard InChI is InChI=1S/C13H9BrClFN2S/c14-8-1-6-12(11(15)7-8)18-13(19)17-10-4-2-9(16)3-5-10/h1-7H,(H2,17,18,19). The van der Waals surface area contributed by atoms with E-state index in [-0.39, 0.29) is 5.82 Å². The monoisotopic (exact) mass is 358 g/mol. The quantitative estimate of drug-likeness (QED) is 0.734. The molecule has 2 rings (SSSR count). The Hall–Kier alpha value is -1.17. The van der Waals surface area contributed by atoms with Gasteiger partial charge < -0.3 is 10.6 Å². The van der Waals surface area contributed by atoms with Gasteiger partial charge in [0, 0.05) is 10.2 Å². The minimum Gasteiger partial charge on any atom is -0.332 e. The molecule has 0 aliphatic rings. The lowest BCUT2D eigenvalue weighted by atomic mass is 10.3. The summed E-state index contributed by atoms with van der Waals surface area (Å²) in [4.78, 5) is 0. The summed E-state index contributed by atoms with van der Waals surface area (Å²) < 4.78 is 13.7. The van der Waals surface area contributed by atoms with E-state index in [9.17, 15) is 4.39 Å². The fraction of sp³-hybridized carbons (Fsp3) is 0. The van der Waals surface area contributed by atoms with Gasteiger partial charge in [0.05, 0.1) is 10.7 Å². The highest BCUT2D eigenvalue weighted by Gasteiger charge is 2.03. The molecule has 0 saturated heterocycles. The third-order valence-electron chi connectivity index (χ3n) is 2.28. The molecule has 0 aromatic heterocycles. The van der Waals surface area contributed by atoms with Gasteiger partial charge in [0.1, 0.15) is 5.82 Å². The first-order valence-electron chi connectivity index (χ1n) is 5.33. The van der Waals surface area contributed by atoms with E-state index < -0.39 is 0 Å². The number of halogens is 3. The molecule has 0 aliphatic carbocycles. The average Bonchev–Trinajstić information content (AvgIpc) is 2.36. The van der Waals surface area contributed by atoms with Crippen molar-refractivity contribution >= 4 is 56.2 Å². The van der Waals surface area contributed by atoms with Crippen molar-refractivity contribution in [2.75, 3.05) is 10.6 Å². The molecule has 0 aliphatic heterocycles. The molecule has 2 aromatic carbocycles. The summed E-state index contributed by atoms with van der Waals surface area (Å²) >= 11 is 14.6. The molecule has 2 N–H and O–H groups in total. The number of anilines is 2. The Morgan fingerprint density at radius 3 is 2.42 bits per heavy atom. The van der Waals surface area contributed by atoms with Crippen LogP contribution in [-0.2, 0) is 0 Å². The zero-order valence-corrected chi connectivity index (χ0v) is 12.7. The second kappa shape index (κ2) is 6.32. The van der Waals surface area contributed by atoms with Crippen LogP contribution in [0, 0.1) is 5.82 Å². The number of hydrogen-bond donors (Lipinski definition) is 2. The minimum absolute atomic E-state index is 0.291. The highest BCUT2D eigenvalue weighted by Crippen LogP contribution is 2.25. The lowest BCUT2D eigenvalue weighted by Crippen LogP contribution is -2.19. The van der Waals surface area contributed by atoms with Crippen LogP contribution in [0.1, 0.15) is 0 Å². The summed E-state index contributed by atoms with van der Waals surface area (Å²) in [7, 11) is 0. The summed E-state index contributed by atoms with van der Waals surface area (Å²) in [6, 6.07) is 11.4. The number of rotatable bonds is 2. The van der Waals surface area contributed by atoms with Gasteiger partial charge in [0.2, 0.25) is 0 Å². The molecular weight excluding hydrogens is 351 g/mol. The number of benzene rings is 2. The summed E-state index contributed by atoms with van der Waals surface area (Å²) in [6.07, 6.45) is 0. The molecule has 2 nitrogen and oxygen atoms in total. The molecule has 0 amide bonds. The fourth-order valence-electron chi connectivity index (χ4n) is 1.41. The van der Waals surface area contributed by atoms with Crippen molar-refractivity contribution in [1.29, 1.82) is 0 Å². The molecule has 0 atom stereocenters.